The van der Waals surface area contributed by atoms with E-state index in [9.17, 15) is 0 Å². The van der Waals surface area contributed by atoms with Crippen LogP contribution in [-0.4, -0.2) is 0 Å². The van der Waals surface area contributed by atoms with E-state index < -0.39 is 5.54 Å². The lowest BCUT2D eigenvalue weighted by Crippen LogP contribution is -2.34. The molecule has 0 saturated heterocycles. The van der Waals surface area contributed by atoms with Crippen LogP contribution in [0, 0.1) is 13.8 Å². The molecule has 0 bridgehead atoms. The van der Waals surface area contributed by atoms with Crippen molar-refractivity contribution in [1.82, 2.24) is 0 Å². The summed E-state index contributed by atoms with van der Waals surface area (Å²) in [5.74, 6) is 0. The molecule has 0 aromatic heterocycles. The summed E-state index contributed by atoms with van der Waals surface area (Å²) in [5, 5.41) is 0. The average Bonchev–Trinajstić information content (AvgIpc) is 2.27. The summed E-state index contributed by atoms with van der Waals surface area (Å²) in [6.45, 7) is 6.27. The van der Waals surface area contributed by atoms with Crippen molar-refractivity contribution in [2.45, 2.75) is 26.3 Å². The summed E-state index contributed by atoms with van der Waals surface area (Å²) < 4.78 is 1.06. The number of hydrogen-bond donors (Lipinski definition) is 1. The standard InChI is InChI=1S/C16H18BrN/c1-11-7-12(2)9-14(8-11)16(3,18)13-5-4-6-15(17)10-13/h4-10H,18H2,1-3H3. The number of rotatable bonds is 2. The summed E-state index contributed by atoms with van der Waals surface area (Å²) >= 11 is 3.50. The third kappa shape index (κ3) is 2.65. The van der Waals surface area contributed by atoms with E-state index in [1.165, 1.54) is 11.1 Å². The Hall–Kier alpha value is -1.12. The largest absolute Gasteiger partial charge is 0.318 e. The van der Waals surface area contributed by atoms with Crippen molar-refractivity contribution in [3.63, 3.8) is 0 Å². The van der Waals surface area contributed by atoms with Crippen molar-refractivity contribution < 1.29 is 0 Å². The van der Waals surface area contributed by atoms with Gasteiger partial charge in [0.2, 0.25) is 0 Å². The molecule has 1 nitrogen and oxygen atoms in total. The van der Waals surface area contributed by atoms with Crippen molar-refractivity contribution in [2.24, 2.45) is 5.73 Å². The Bertz CT molecular complexity index is 553. The van der Waals surface area contributed by atoms with Crippen LogP contribution < -0.4 is 5.73 Å². The van der Waals surface area contributed by atoms with Gasteiger partial charge < -0.3 is 5.73 Å². The second kappa shape index (κ2) is 4.87. The highest BCUT2D eigenvalue weighted by Gasteiger charge is 2.24. The number of benzene rings is 2. The molecule has 0 aliphatic rings. The van der Waals surface area contributed by atoms with Gasteiger partial charge in [0.05, 0.1) is 5.54 Å². The molecule has 1 unspecified atom stereocenters. The molecule has 0 aliphatic heterocycles. The van der Waals surface area contributed by atoms with E-state index in [1.54, 1.807) is 0 Å². The first-order valence-electron chi connectivity index (χ1n) is 6.03. The lowest BCUT2D eigenvalue weighted by Gasteiger charge is -2.27. The predicted octanol–water partition coefficient (Wildman–Crippen LogP) is 4.29. The van der Waals surface area contributed by atoms with Crippen LogP contribution in [-0.2, 0) is 5.54 Å². The maximum Gasteiger partial charge on any atom is 0.0637 e. The van der Waals surface area contributed by atoms with E-state index in [0.717, 1.165) is 15.6 Å². The smallest absolute Gasteiger partial charge is 0.0637 e. The topological polar surface area (TPSA) is 26.0 Å². The van der Waals surface area contributed by atoms with E-state index in [1.807, 2.05) is 12.1 Å². The van der Waals surface area contributed by atoms with Crippen molar-refractivity contribution in [3.05, 3.63) is 69.2 Å². The minimum absolute atomic E-state index is 0.472. The average molecular weight is 304 g/mol. The number of halogens is 1. The summed E-state index contributed by atoms with van der Waals surface area (Å²) in [4.78, 5) is 0. The normalized spacial score (nSPS) is 14.3. The lowest BCUT2D eigenvalue weighted by atomic mass is 9.84. The monoisotopic (exact) mass is 303 g/mol. The molecule has 94 valence electrons. The second-order valence-electron chi connectivity index (χ2n) is 5.09. The molecule has 2 aromatic carbocycles. The fraction of sp³-hybridized carbons (Fsp3) is 0.250. The second-order valence-corrected chi connectivity index (χ2v) is 6.00. The van der Waals surface area contributed by atoms with Crippen LogP contribution in [0.3, 0.4) is 0 Å². The Morgan fingerprint density at radius 1 is 0.944 bits per heavy atom. The molecule has 2 aromatic rings. The molecule has 0 radical (unpaired) electrons. The molecule has 0 spiro atoms. The molecule has 0 fully saturated rings. The van der Waals surface area contributed by atoms with Gasteiger partial charge in [-0.2, -0.15) is 0 Å². The van der Waals surface area contributed by atoms with Crippen LogP contribution in [0.5, 0.6) is 0 Å². The van der Waals surface area contributed by atoms with Crippen molar-refractivity contribution in [1.29, 1.82) is 0 Å². The van der Waals surface area contributed by atoms with Crippen LogP contribution in [0.25, 0.3) is 0 Å². The van der Waals surface area contributed by atoms with E-state index in [-0.39, 0.29) is 0 Å². The zero-order valence-electron chi connectivity index (χ0n) is 11.0. The molecule has 0 heterocycles. The Kier molecular flexibility index (Phi) is 3.60. The summed E-state index contributed by atoms with van der Waals surface area (Å²) in [7, 11) is 0. The molecular weight excluding hydrogens is 286 g/mol. The molecule has 2 heteroatoms. The zero-order chi connectivity index (χ0) is 13.3. The van der Waals surface area contributed by atoms with Crippen molar-refractivity contribution >= 4 is 15.9 Å². The van der Waals surface area contributed by atoms with E-state index in [2.05, 4.69) is 67.0 Å². The summed E-state index contributed by atoms with van der Waals surface area (Å²) in [6, 6.07) is 14.7. The maximum atomic E-state index is 6.55. The number of aryl methyl sites for hydroxylation is 2. The SMILES string of the molecule is Cc1cc(C)cc(C(C)(N)c2cccc(Br)c2)c1. The third-order valence-corrected chi connectivity index (χ3v) is 3.74. The fourth-order valence-electron chi connectivity index (χ4n) is 2.25. The molecule has 0 aliphatic carbocycles. The first kappa shape index (κ1) is 13.3. The highest BCUT2D eigenvalue weighted by atomic mass is 79.9. The minimum Gasteiger partial charge on any atom is -0.318 e. The molecule has 0 amide bonds. The highest BCUT2D eigenvalue weighted by molar-refractivity contribution is 9.10. The van der Waals surface area contributed by atoms with Gasteiger partial charge in [0.1, 0.15) is 0 Å². The molecule has 0 saturated carbocycles. The highest BCUT2D eigenvalue weighted by Crippen LogP contribution is 2.29. The van der Waals surface area contributed by atoms with Gasteiger partial charge in [-0.3, -0.25) is 0 Å². The molecular formula is C16H18BrN. The Labute approximate surface area is 117 Å². The van der Waals surface area contributed by atoms with Gasteiger partial charge in [0.25, 0.3) is 0 Å². The Balaban J connectivity index is 2.53. The van der Waals surface area contributed by atoms with Crippen molar-refractivity contribution in [3.8, 4) is 0 Å². The maximum absolute atomic E-state index is 6.55. The quantitative estimate of drug-likeness (QED) is 0.880. The summed E-state index contributed by atoms with van der Waals surface area (Å²) in [6.07, 6.45) is 0. The molecule has 18 heavy (non-hydrogen) atoms. The van der Waals surface area contributed by atoms with E-state index >= 15 is 0 Å². The number of hydrogen-bond acceptors (Lipinski definition) is 1. The van der Waals surface area contributed by atoms with E-state index in [4.69, 9.17) is 5.73 Å². The minimum atomic E-state index is -0.472. The van der Waals surface area contributed by atoms with Crippen LogP contribution in [0.1, 0.15) is 29.2 Å². The molecule has 2 rings (SSSR count). The van der Waals surface area contributed by atoms with Gasteiger partial charge in [-0.1, -0.05) is 57.4 Å². The van der Waals surface area contributed by atoms with Crippen LogP contribution in [0.15, 0.2) is 46.9 Å². The first-order valence-corrected chi connectivity index (χ1v) is 6.82. The van der Waals surface area contributed by atoms with Gasteiger partial charge in [0.15, 0.2) is 0 Å². The Morgan fingerprint density at radius 3 is 2.11 bits per heavy atom. The summed E-state index contributed by atoms with van der Waals surface area (Å²) in [5.41, 5.74) is 10.8. The van der Waals surface area contributed by atoms with Crippen LogP contribution >= 0.6 is 15.9 Å². The van der Waals surface area contributed by atoms with Crippen LogP contribution in [0.4, 0.5) is 0 Å². The predicted molar refractivity (Wildman–Crippen MR) is 80.7 cm³/mol. The molecule has 2 N–H and O–H groups in total. The van der Waals surface area contributed by atoms with E-state index in [0.29, 0.717) is 0 Å². The first-order chi connectivity index (χ1) is 8.39. The number of nitrogens with two attached hydrogens (primary N) is 1. The molecule has 1 atom stereocenters. The van der Waals surface area contributed by atoms with Gasteiger partial charge >= 0.3 is 0 Å². The zero-order valence-corrected chi connectivity index (χ0v) is 12.6. The Morgan fingerprint density at radius 2 is 1.56 bits per heavy atom. The van der Waals surface area contributed by atoms with Gasteiger partial charge in [0, 0.05) is 4.47 Å². The van der Waals surface area contributed by atoms with Gasteiger partial charge in [-0.05, 0) is 44.0 Å². The van der Waals surface area contributed by atoms with Crippen LogP contribution in [0.2, 0.25) is 0 Å². The fourth-order valence-corrected chi connectivity index (χ4v) is 2.65. The lowest BCUT2D eigenvalue weighted by molar-refractivity contribution is 0.601. The van der Waals surface area contributed by atoms with Gasteiger partial charge in [-0.25, -0.2) is 0 Å². The van der Waals surface area contributed by atoms with Crippen molar-refractivity contribution in [2.75, 3.05) is 0 Å². The third-order valence-electron chi connectivity index (χ3n) is 3.25. The van der Waals surface area contributed by atoms with Gasteiger partial charge in [-0.15, -0.1) is 0 Å².